The number of H-pyrrole nitrogens is 1. The molecule has 2 aromatic heterocycles. The van der Waals surface area contributed by atoms with Crippen molar-refractivity contribution in [3.63, 3.8) is 0 Å². The topological polar surface area (TPSA) is 61.9 Å². The lowest BCUT2D eigenvalue weighted by Gasteiger charge is -2.24. The lowest BCUT2D eigenvalue weighted by atomic mass is 10.2. The van der Waals surface area contributed by atoms with Gasteiger partial charge in [0.1, 0.15) is 10.4 Å². The predicted octanol–water partition coefficient (Wildman–Crippen LogP) is 3.62. The molecular weight excluding hydrogens is 389 g/mol. The third-order valence-corrected chi connectivity index (χ3v) is 3.72. The van der Waals surface area contributed by atoms with E-state index in [0.29, 0.717) is 10.3 Å². The van der Waals surface area contributed by atoms with Crippen LogP contribution in [0.2, 0.25) is 0 Å². The van der Waals surface area contributed by atoms with Gasteiger partial charge in [0.15, 0.2) is 5.82 Å². The first kappa shape index (κ1) is 16.4. The van der Waals surface area contributed by atoms with Crippen LogP contribution in [0.15, 0.2) is 45.9 Å². The maximum Gasteiger partial charge on any atom is 0.347 e. The van der Waals surface area contributed by atoms with Gasteiger partial charge < -0.3 is 9.88 Å². The molecule has 0 unspecified atom stereocenters. The Morgan fingerprint density at radius 3 is 2.79 bits per heavy atom. The van der Waals surface area contributed by atoms with Crippen LogP contribution in [0.3, 0.4) is 0 Å². The summed E-state index contributed by atoms with van der Waals surface area (Å²) < 4.78 is 40.8. The number of hydrogen-bond donors (Lipinski definition) is 1. The van der Waals surface area contributed by atoms with E-state index < -0.39 is 24.5 Å². The molecule has 0 amide bonds. The molecule has 1 N–H and O–H groups in total. The Bertz CT molecular complexity index is 947. The first-order valence-electron chi connectivity index (χ1n) is 6.81. The van der Waals surface area contributed by atoms with Crippen LogP contribution in [-0.2, 0) is 0 Å². The van der Waals surface area contributed by atoms with Gasteiger partial charge in [-0.2, -0.15) is 4.98 Å². The summed E-state index contributed by atoms with van der Waals surface area (Å²) in [5.74, 6) is -0.844. The van der Waals surface area contributed by atoms with Gasteiger partial charge in [-0.25, -0.2) is 22.9 Å². The van der Waals surface area contributed by atoms with Crippen molar-refractivity contribution in [1.82, 2.24) is 15.0 Å². The normalized spacial score (nSPS) is 11.2. The molecule has 0 aliphatic heterocycles. The van der Waals surface area contributed by atoms with Crippen LogP contribution in [0.5, 0.6) is 0 Å². The van der Waals surface area contributed by atoms with Crippen molar-refractivity contribution >= 4 is 38.3 Å². The van der Waals surface area contributed by atoms with Gasteiger partial charge in [-0.05, 0) is 40.2 Å². The highest BCUT2D eigenvalue weighted by Gasteiger charge is 2.21. The van der Waals surface area contributed by atoms with Crippen molar-refractivity contribution in [2.24, 2.45) is 0 Å². The summed E-state index contributed by atoms with van der Waals surface area (Å²) in [6.07, 6.45) is -1.32. The van der Waals surface area contributed by atoms with E-state index >= 15 is 0 Å². The standard InChI is InChI=1S/C15H10BrF3N4O/c16-11-6-8(4-5-20-11)23(7-12(18)19)14-13-9(17)2-1-3-10(13)21-15(24)22-14/h1-6,12H,7H2,(H,21,22,24). The highest BCUT2D eigenvalue weighted by molar-refractivity contribution is 9.10. The molecular formula is C15H10BrF3N4O. The average molecular weight is 399 g/mol. The van der Waals surface area contributed by atoms with E-state index in [-0.39, 0.29) is 16.7 Å². The van der Waals surface area contributed by atoms with Crippen molar-refractivity contribution in [2.75, 3.05) is 11.4 Å². The fraction of sp³-hybridized carbons (Fsp3) is 0.133. The van der Waals surface area contributed by atoms with Crippen molar-refractivity contribution in [3.05, 3.63) is 57.4 Å². The molecule has 0 spiro atoms. The molecule has 124 valence electrons. The fourth-order valence-corrected chi connectivity index (χ4v) is 2.71. The zero-order chi connectivity index (χ0) is 17.3. The van der Waals surface area contributed by atoms with Crippen molar-refractivity contribution in [1.29, 1.82) is 0 Å². The number of hydrogen-bond acceptors (Lipinski definition) is 4. The lowest BCUT2D eigenvalue weighted by Crippen LogP contribution is -2.28. The molecule has 9 heteroatoms. The van der Waals surface area contributed by atoms with E-state index in [0.717, 1.165) is 4.90 Å². The summed E-state index contributed by atoms with van der Waals surface area (Å²) in [4.78, 5) is 22.9. The second kappa shape index (κ2) is 6.60. The fourth-order valence-electron chi connectivity index (χ4n) is 2.36. The molecule has 5 nitrogen and oxygen atoms in total. The zero-order valence-electron chi connectivity index (χ0n) is 12.0. The van der Waals surface area contributed by atoms with E-state index in [1.807, 2.05) is 0 Å². The number of aromatic nitrogens is 3. The van der Waals surface area contributed by atoms with Gasteiger partial charge in [0.25, 0.3) is 6.43 Å². The number of anilines is 2. The summed E-state index contributed by atoms with van der Waals surface area (Å²) in [5.41, 5.74) is -0.271. The molecule has 24 heavy (non-hydrogen) atoms. The number of fused-ring (bicyclic) bond motifs is 1. The van der Waals surface area contributed by atoms with E-state index in [2.05, 4.69) is 30.9 Å². The minimum Gasteiger partial charge on any atom is -0.320 e. The van der Waals surface area contributed by atoms with E-state index in [1.165, 1.54) is 36.5 Å². The Kier molecular flexibility index (Phi) is 4.52. The molecule has 0 aliphatic carbocycles. The average Bonchev–Trinajstić information content (AvgIpc) is 2.51. The van der Waals surface area contributed by atoms with E-state index in [9.17, 15) is 18.0 Å². The van der Waals surface area contributed by atoms with Crippen LogP contribution in [-0.4, -0.2) is 27.9 Å². The Hall–Kier alpha value is -2.42. The molecule has 0 radical (unpaired) electrons. The molecule has 0 saturated carbocycles. The molecule has 2 heterocycles. The highest BCUT2D eigenvalue weighted by atomic mass is 79.9. The van der Waals surface area contributed by atoms with Gasteiger partial charge in [0, 0.05) is 11.9 Å². The van der Waals surface area contributed by atoms with Gasteiger partial charge in [-0.15, -0.1) is 0 Å². The first-order chi connectivity index (χ1) is 11.5. The number of halogens is 4. The SMILES string of the molecule is O=c1nc(N(CC(F)F)c2ccnc(Br)c2)c2c(F)cccc2[nH]1. The number of alkyl halides is 2. The number of pyridine rings is 1. The third kappa shape index (κ3) is 3.25. The minimum absolute atomic E-state index is 0.0364. The summed E-state index contributed by atoms with van der Waals surface area (Å²) in [6.45, 7) is -0.754. The summed E-state index contributed by atoms with van der Waals surface area (Å²) in [7, 11) is 0. The summed E-state index contributed by atoms with van der Waals surface area (Å²) in [6, 6.07) is 7.03. The van der Waals surface area contributed by atoms with Gasteiger partial charge >= 0.3 is 5.69 Å². The Labute approximate surface area is 142 Å². The van der Waals surface area contributed by atoms with Crippen molar-refractivity contribution in [3.8, 4) is 0 Å². The van der Waals surface area contributed by atoms with Crippen LogP contribution >= 0.6 is 15.9 Å². The highest BCUT2D eigenvalue weighted by Crippen LogP contribution is 2.31. The molecule has 0 bridgehead atoms. The number of benzene rings is 1. The molecule has 0 atom stereocenters. The number of nitrogens with zero attached hydrogens (tertiary/aromatic N) is 3. The minimum atomic E-state index is -2.72. The monoisotopic (exact) mass is 398 g/mol. The van der Waals surface area contributed by atoms with Crippen molar-refractivity contribution < 1.29 is 13.2 Å². The smallest absolute Gasteiger partial charge is 0.320 e. The number of nitrogens with one attached hydrogen (secondary N) is 1. The summed E-state index contributed by atoms with van der Waals surface area (Å²) in [5, 5.41) is -0.0364. The van der Waals surface area contributed by atoms with E-state index in [1.54, 1.807) is 0 Å². The Morgan fingerprint density at radius 1 is 1.29 bits per heavy atom. The van der Waals surface area contributed by atoms with Crippen LogP contribution in [0.4, 0.5) is 24.7 Å². The van der Waals surface area contributed by atoms with Gasteiger partial charge in [-0.3, -0.25) is 0 Å². The molecule has 3 aromatic rings. The van der Waals surface area contributed by atoms with Crippen molar-refractivity contribution in [2.45, 2.75) is 6.43 Å². The third-order valence-electron chi connectivity index (χ3n) is 3.28. The molecule has 0 aliphatic rings. The molecule has 3 rings (SSSR count). The lowest BCUT2D eigenvalue weighted by molar-refractivity contribution is 0.158. The van der Waals surface area contributed by atoms with Crippen LogP contribution in [0.25, 0.3) is 10.9 Å². The van der Waals surface area contributed by atoms with Gasteiger partial charge in [0.2, 0.25) is 0 Å². The molecule has 0 saturated heterocycles. The second-order valence-corrected chi connectivity index (χ2v) is 5.68. The van der Waals surface area contributed by atoms with Crippen LogP contribution in [0.1, 0.15) is 0 Å². The maximum atomic E-state index is 14.3. The summed E-state index contributed by atoms with van der Waals surface area (Å²) >= 11 is 3.16. The predicted molar refractivity (Wildman–Crippen MR) is 87.3 cm³/mol. The Balaban J connectivity index is 2.29. The second-order valence-electron chi connectivity index (χ2n) is 4.87. The van der Waals surface area contributed by atoms with Gasteiger partial charge in [-0.1, -0.05) is 6.07 Å². The maximum absolute atomic E-state index is 14.3. The van der Waals surface area contributed by atoms with Crippen LogP contribution < -0.4 is 10.6 Å². The molecule has 0 fully saturated rings. The zero-order valence-corrected chi connectivity index (χ0v) is 13.6. The first-order valence-corrected chi connectivity index (χ1v) is 7.61. The number of rotatable bonds is 4. The largest absolute Gasteiger partial charge is 0.347 e. The quantitative estimate of drug-likeness (QED) is 0.681. The number of aromatic amines is 1. The molecule has 1 aromatic carbocycles. The van der Waals surface area contributed by atoms with E-state index in [4.69, 9.17) is 0 Å². The van der Waals surface area contributed by atoms with Crippen LogP contribution in [0, 0.1) is 5.82 Å². The van der Waals surface area contributed by atoms with Gasteiger partial charge in [0.05, 0.1) is 17.4 Å². The Morgan fingerprint density at radius 2 is 2.08 bits per heavy atom.